The van der Waals surface area contributed by atoms with Gasteiger partial charge in [-0.25, -0.2) is 0 Å². The predicted molar refractivity (Wildman–Crippen MR) is 90.6 cm³/mol. The zero-order chi connectivity index (χ0) is 17.1. The highest BCUT2D eigenvalue weighted by Crippen LogP contribution is 2.28. The number of nitrogens with zero attached hydrogens (tertiary/aromatic N) is 2. The molecule has 1 aromatic carbocycles. The lowest BCUT2D eigenvalue weighted by Crippen LogP contribution is -2.42. The maximum Gasteiger partial charge on any atom is 0.293 e. The standard InChI is InChI=1S/C17H25N3O3/c1-11-5-12(2)9-19(8-11)10-17(21)18-15-6-13(3)14(4)7-16(15)20(22)23/h6-7,11-12H,5,8-10H2,1-4H3,(H,18,21)/t11-,12-/m1/s1. The Balaban J connectivity index is 2.08. The third kappa shape index (κ3) is 4.51. The number of aryl methyl sites for hydroxylation is 2. The zero-order valence-corrected chi connectivity index (χ0v) is 14.3. The molecular formula is C17H25N3O3. The van der Waals surface area contributed by atoms with Gasteiger partial charge in [0.1, 0.15) is 5.69 Å². The Hall–Kier alpha value is -1.95. The van der Waals surface area contributed by atoms with Gasteiger partial charge in [-0.15, -0.1) is 0 Å². The van der Waals surface area contributed by atoms with Crippen molar-refractivity contribution in [3.63, 3.8) is 0 Å². The van der Waals surface area contributed by atoms with Crippen molar-refractivity contribution in [2.24, 2.45) is 11.8 Å². The molecule has 1 amide bonds. The normalized spacial score (nSPS) is 21.9. The lowest BCUT2D eigenvalue weighted by molar-refractivity contribution is -0.384. The van der Waals surface area contributed by atoms with Crippen LogP contribution in [-0.2, 0) is 4.79 Å². The first kappa shape index (κ1) is 17.4. The predicted octanol–water partition coefficient (Wildman–Crippen LogP) is 3.13. The maximum absolute atomic E-state index is 12.3. The van der Waals surface area contributed by atoms with Crippen LogP contribution in [0.2, 0.25) is 0 Å². The number of nitro benzene ring substituents is 1. The van der Waals surface area contributed by atoms with Crippen LogP contribution in [-0.4, -0.2) is 35.4 Å². The molecule has 1 saturated heterocycles. The van der Waals surface area contributed by atoms with Crippen LogP contribution in [0.4, 0.5) is 11.4 Å². The van der Waals surface area contributed by atoms with E-state index in [0.29, 0.717) is 11.8 Å². The minimum absolute atomic E-state index is 0.0539. The molecule has 23 heavy (non-hydrogen) atoms. The maximum atomic E-state index is 12.3. The summed E-state index contributed by atoms with van der Waals surface area (Å²) in [5.41, 5.74) is 1.99. The summed E-state index contributed by atoms with van der Waals surface area (Å²) in [5.74, 6) is 0.947. The molecule has 0 radical (unpaired) electrons. The van der Waals surface area contributed by atoms with Crippen LogP contribution in [0.5, 0.6) is 0 Å². The minimum atomic E-state index is -0.451. The molecule has 1 aliphatic rings. The third-order valence-electron chi connectivity index (χ3n) is 4.39. The number of anilines is 1. The second kappa shape index (κ2) is 7.08. The number of amides is 1. The molecule has 0 spiro atoms. The number of nitro groups is 1. The number of hydrogen-bond donors (Lipinski definition) is 1. The second-order valence-corrected chi connectivity index (χ2v) is 6.90. The van der Waals surface area contributed by atoms with E-state index in [-0.39, 0.29) is 23.8 Å². The van der Waals surface area contributed by atoms with Gasteiger partial charge in [-0.05, 0) is 49.3 Å². The van der Waals surface area contributed by atoms with Gasteiger partial charge in [0.2, 0.25) is 5.91 Å². The molecule has 126 valence electrons. The van der Waals surface area contributed by atoms with Gasteiger partial charge < -0.3 is 5.32 Å². The van der Waals surface area contributed by atoms with E-state index in [1.54, 1.807) is 6.07 Å². The Bertz CT molecular complexity index is 605. The summed E-state index contributed by atoms with van der Waals surface area (Å²) in [4.78, 5) is 25.2. The highest BCUT2D eigenvalue weighted by molar-refractivity contribution is 5.94. The van der Waals surface area contributed by atoms with Crippen molar-refractivity contribution in [2.75, 3.05) is 25.0 Å². The number of carbonyl (C=O) groups excluding carboxylic acids is 1. The summed E-state index contributed by atoms with van der Waals surface area (Å²) in [7, 11) is 0. The fourth-order valence-electron chi connectivity index (χ4n) is 3.37. The highest BCUT2D eigenvalue weighted by Gasteiger charge is 2.24. The molecule has 6 nitrogen and oxygen atoms in total. The highest BCUT2D eigenvalue weighted by atomic mass is 16.6. The molecule has 0 saturated carbocycles. The van der Waals surface area contributed by atoms with Gasteiger partial charge >= 0.3 is 0 Å². The van der Waals surface area contributed by atoms with Crippen LogP contribution in [0.1, 0.15) is 31.4 Å². The van der Waals surface area contributed by atoms with E-state index < -0.39 is 4.92 Å². The number of likely N-dealkylation sites (tertiary alicyclic amines) is 1. The van der Waals surface area contributed by atoms with Gasteiger partial charge in [-0.2, -0.15) is 0 Å². The molecule has 0 aliphatic carbocycles. The lowest BCUT2D eigenvalue weighted by atomic mass is 9.92. The van der Waals surface area contributed by atoms with Gasteiger partial charge in [-0.3, -0.25) is 19.8 Å². The number of piperidine rings is 1. The van der Waals surface area contributed by atoms with Crippen LogP contribution in [0.15, 0.2) is 12.1 Å². The Morgan fingerprint density at radius 3 is 2.39 bits per heavy atom. The summed E-state index contributed by atoms with van der Waals surface area (Å²) in [6.07, 6.45) is 1.18. The van der Waals surface area contributed by atoms with Crippen molar-refractivity contribution >= 4 is 17.3 Å². The number of benzene rings is 1. The summed E-state index contributed by atoms with van der Waals surface area (Å²) in [6, 6.07) is 3.18. The fourth-order valence-corrected chi connectivity index (χ4v) is 3.37. The van der Waals surface area contributed by atoms with Crippen molar-refractivity contribution < 1.29 is 9.72 Å². The van der Waals surface area contributed by atoms with Crippen LogP contribution >= 0.6 is 0 Å². The minimum Gasteiger partial charge on any atom is -0.319 e. The summed E-state index contributed by atoms with van der Waals surface area (Å²) < 4.78 is 0. The molecule has 1 aromatic rings. The van der Waals surface area contributed by atoms with Gasteiger partial charge in [0.25, 0.3) is 5.69 Å². The molecule has 1 aliphatic heterocycles. The van der Waals surface area contributed by atoms with Crippen molar-refractivity contribution in [2.45, 2.75) is 34.1 Å². The Morgan fingerprint density at radius 1 is 1.26 bits per heavy atom. The Labute approximate surface area is 137 Å². The third-order valence-corrected chi connectivity index (χ3v) is 4.39. The summed E-state index contributed by atoms with van der Waals surface area (Å²) in [5, 5.41) is 13.9. The molecule has 2 rings (SSSR count). The van der Waals surface area contributed by atoms with Crippen molar-refractivity contribution in [1.29, 1.82) is 0 Å². The zero-order valence-electron chi connectivity index (χ0n) is 14.3. The Morgan fingerprint density at radius 2 is 1.83 bits per heavy atom. The number of rotatable bonds is 4. The average Bonchev–Trinajstić information content (AvgIpc) is 2.40. The number of nitrogens with one attached hydrogen (secondary N) is 1. The van der Waals surface area contributed by atoms with Crippen LogP contribution in [0.25, 0.3) is 0 Å². The molecule has 6 heteroatoms. The van der Waals surface area contributed by atoms with Crippen molar-refractivity contribution in [1.82, 2.24) is 4.90 Å². The number of hydrogen-bond acceptors (Lipinski definition) is 4. The van der Waals surface area contributed by atoms with Crippen LogP contribution < -0.4 is 5.32 Å². The first-order valence-electron chi connectivity index (χ1n) is 8.04. The summed E-state index contributed by atoms with van der Waals surface area (Å²) in [6.45, 7) is 10.1. The lowest BCUT2D eigenvalue weighted by Gasteiger charge is -2.34. The second-order valence-electron chi connectivity index (χ2n) is 6.90. The monoisotopic (exact) mass is 319 g/mol. The van der Waals surface area contributed by atoms with E-state index in [1.807, 2.05) is 13.8 Å². The van der Waals surface area contributed by atoms with E-state index in [9.17, 15) is 14.9 Å². The molecule has 0 aromatic heterocycles. The first-order valence-corrected chi connectivity index (χ1v) is 8.04. The molecule has 2 atom stereocenters. The van der Waals surface area contributed by atoms with Gasteiger partial charge in [0.05, 0.1) is 11.5 Å². The fraction of sp³-hybridized carbons (Fsp3) is 0.588. The largest absolute Gasteiger partial charge is 0.319 e. The molecule has 1 fully saturated rings. The molecule has 1 N–H and O–H groups in total. The molecule has 0 bridgehead atoms. The van der Waals surface area contributed by atoms with Crippen LogP contribution in [0, 0.1) is 35.8 Å². The van der Waals surface area contributed by atoms with E-state index in [1.165, 1.54) is 12.5 Å². The topological polar surface area (TPSA) is 75.5 Å². The van der Waals surface area contributed by atoms with Crippen molar-refractivity contribution in [3.8, 4) is 0 Å². The molecular weight excluding hydrogens is 294 g/mol. The summed E-state index contributed by atoms with van der Waals surface area (Å²) >= 11 is 0. The van der Waals surface area contributed by atoms with E-state index >= 15 is 0 Å². The average molecular weight is 319 g/mol. The van der Waals surface area contributed by atoms with Crippen LogP contribution in [0.3, 0.4) is 0 Å². The quantitative estimate of drug-likeness (QED) is 0.683. The van der Waals surface area contributed by atoms with Crippen molar-refractivity contribution in [3.05, 3.63) is 33.4 Å². The first-order chi connectivity index (χ1) is 10.8. The molecule has 0 unspecified atom stereocenters. The SMILES string of the molecule is Cc1cc(NC(=O)CN2C[C@H](C)C[C@@H](C)C2)c([N+](=O)[O-])cc1C. The van der Waals surface area contributed by atoms with E-state index in [4.69, 9.17) is 0 Å². The smallest absolute Gasteiger partial charge is 0.293 e. The Kier molecular flexibility index (Phi) is 5.36. The van der Waals surface area contributed by atoms with Gasteiger partial charge in [0, 0.05) is 19.2 Å². The van der Waals surface area contributed by atoms with E-state index in [2.05, 4.69) is 24.1 Å². The number of carbonyl (C=O) groups is 1. The molecule has 1 heterocycles. The van der Waals surface area contributed by atoms with Gasteiger partial charge in [0.15, 0.2) is 0 Å². The van der Waals surface area contributed by atoms with Gasteiger partial charge in [-0.1, -0.05) is 13.8 Å². The van der Waals surface area contributed by atoms with E-state index in [0.717, 1.165) is 24.2 Å².